The molecular weight excluding hydrogens is 236 g/mol. The Balaban J connectivity index is 2.71. The molecule has 1 unspecified atom stereocenters. The van der Waals surface area contributed by atoms with Gasteiger partial charge in [-0.1, -0.05) is 36.8 Å². The number of nitrogens with zero attached hydrogens (tertiary/aromatic N) is 2. The summed E-state index contributed by atoms with van der Waals surface area (Å²) in [4.78, 5) is 6.59. The lowest BCUT2D eigenvalue weighted by molar-refractivity contribution is 0.306. The molecule has 1 rings (SSSR count). The molecule has 0 fully saturated rings. The molecular formula is C15H26N4. The third-order valence-electron chi connectivity index (χ3n) is 3.08. The van der Waals surface area contributed by atoms with E-state index in [0.29, 0.717) is 12.5 Å². The molecule has 0 saturated heterocycles. The molecule has 0 aromatic heterocycles. The Hall–Kier alpha value is -1.55. The molecule has 4 nitrogen and oxygen atoms in total. The molecule has 0 radical (unpaired) electrons. The standard InChI is InChI=1S/C15H26N4/c1-5-10-17-15(16)18-11-14(19(3)4)13-8-6-12(2)7-9-13/h6-9,14H,5,10-11H2,1-4H3,(H3,16,17,18). The first-order valence-electron chi connectivity index (χ1n) is 6.81. The zero-order chi connectivity index (χ0) is 14.3. The van der Waals surface area contributed by atoms with Crippen LogP contribution in [0.5, 0.6) is 0 Å². The summed E-state index contributed by atoms with van der Waals surface area (Å²) in [6.45, 7) is 5.74. The van der Waals surface area contributed by atoms with Crippen molar-refractivity contribution < 1.29 is 0 Å². The summed E-state index contributed by atoms with van der Waals surface area (Å²) in [5, 5.41) is 3.10. The largest absolute Gasteiger partial charge is 0.370 e. The Morgan fingerprint density at radius 2 is 1.95 bits per heavy atom. The highest BCUT2D eigenvalue weighted by Crippen LogP contribution is 2.18. The van der Waals surface area contributed by atoms with Gasteiger partial charge in [0.05, 0.1) is 12.6 Å². The Kier molecular flexibility index (Phi) is 6.36. The van der Waals surface area contributed by atoms with Crippen LogP contribution in [0.4, 0.5) is 0 Å². The van der Waals surface area contributed by atoms with Crippen LogP contribution in [0.1, 0.15) is 30.5 Å². The normalized spacial score (nSPS) is 13.6. The van der Waals surface area contributed by atoms with Crippen molar-refractivity contribution in [3.63, 3.8) is 0 Å². The molecule has 0 aliphatic carbocycles. The molecule has 0 saturated carbocycles. The summed E-state index contributed by atoms with van der Waals surface area (Å²) >= 11 is 0. The summed E-state index contributed by atoms with van der Waals surface area (Å²) < 4.78 is 0. The second kappa shape index (κ2) is 7.79. The van der Waals surface area contributed by atoms with E-state index in [9.17, 15) is 0 Å². The lowest BCUT2D eigenvalue weighted by Crippen LogP contribution is -2.33. The van der Waals surface area contributed by atoms with Gasteiger partial charge in [-0.3, -0.25) is 4.99 Å². The minimum Gasteiger partial charge on any atom is -0.370 e. The number of aliphatic imine (C=N–C) groups is 1. The van der Waals surface area contributed by atoms with Crippen LogP contribution in [0.25, 0.3) is 0 Å². The van der Waals surface area contributed by atoms with Crippen LogP contribution in [0.2, 0.25) is 0 Å². The van der Waals surface area contributed by atoms with Crippen molar-refractivity contribution in [2.45, 2.75) is 26.3 Å². The molecule has 3 N–H and O–H groups in total. The average molecular weight is 262 g/mol. The quantitative estimate of drug-likeness (QED) is 0.608. The van der Waals surface area contributed by atoms with E-state index in [1.165, 1.54) is 11.1 Å². The fourth-order valence-corrected chi connectivity index (χ4v) is 1.85. The smallest absolute Gasteiger partial charge is 0.188 e. The predicted octanol–water partition coefficient (Wildman–Crippen LogP) is 1.91. The van der Waals surface area contributed by atoms with Crippen molar-refractivity contribution >= 4 is 5.96 Å². The van der Waals surface area contributed by atoms with Gasteiger partial charge in [-0.15, -0.1) is 0 Å². The van der Waals surface area contributed by atoms with Crippen molar-refractivity contribution in [3.05, 3.63) is 35.4 Å². The van der Waals surface area contributed by atoms with Crippen molar-refractivity contribution in [3.8, 4) is 0 Å². The number of hydrogen-bond donors (Lipinski definition) is 2. The van der Waals surface area contributed by atoms with E-state index in [1.54, 1.807) is 0 Å². The van der Waals surface area contributed by atoms with E-state index in [4.69, 9.17) is 5.73 Å². The van der Waals surface area contributed by atoms with Gasteiger partial charge in [0.1, 0.15) is 0 Å². The Bertz CT molecular complexity index is 395. The van der Waals surface area contributed by atoms with Gasteiger partial charge < -0.3 is 16.0 Å². The van der Waals surface area contributed by atoms with E-state index >= 15 is 0 Å². The van der Waals surface area contributed by atoms with Crippen molar-refractivity contribution in [2.75, 3.05) is 27.2 Å². The SMILES string of the molecule is CCCNC(N)=NCC(c1ccc(C)cc1)N(C)C. The number of aryl methyl sites for hydroxylation is 1. The topological polar surface area (TPSA) is 53.6 Å². The number of guanidine groups is 1. The van der Waals surface area contributed by atoms with Gasteiger partial charge in [0.25, 0.3) is 0 Å². The number of benzene rings is 1. The van der Waals surface area contributed by atoms with E-state index < -0.39 is 0 Å². The van der Waals surface area contributed by atoms with Crippen LogP contribution in [0, 0.1) is 6.92 Å². The molecule has 0 aliphatic rings. The maximum absolute atomic E-state index is 5.83. The second-order valence-corrected chi connectivity index (χ2v) is 5.04. The van der Waals surface area contributed by atoms with E-state index in [0.717, 1.165) is 13.0 Å². The molecule has 0 spiro atoms. The maximum Gasteiger partial charge on any atom is 0.188 e. The number of nitrogens with one attached hydrogen (secondary N) is 1. The van der Waals surface area contributed by atoms with Crippen molar-refractivity contribution in [2.24, 2.45) is 10.7 Å². The number of likely N-dealkylation sites (N-methyl/N-ethyl adjacent to an activating group) is 1. The molecule has 106 valence electrons. The molecule has 0 amide bonds. The van der Waals surface area contributed by atoms with Gasteiger partial charge in [0.15, 0.2) is 5.96 Å². The first-order chi connectivity index (χ1) is 9.04. The van der Waals surface area contributed by atoms with Crippen LogP contribution in [0.15, 0.2) is 29.3 Å². The van der Waals surface area contributed by atoms with Crippen LogP contribution >= 0.6 is 0 Å². The van der Waals surface area contributed by atoms with Gasteiger partial charge in [-0.25, -0.2) is 0 Å². The molecule has 0 heterocycles. The van der Waals surface area contributed by atoms with E-state index in [-0.39, 0.29) is 6.04 Å². The highest BCUT2D eigenvalue weighted by atomic mass is 15.1. The van der Waals surface area contributed by atoms with Gasteiger partial charge in [-0.05, 0) is 33.0 Å². The molecule has 0 aliphatic heterocycles. The van der Waals surface area contributed by atoms with Gasteiger partial charge in [-0.2, -0.15) is 0 Å². The minimum atomic E-state index is 0.252. The highest BCUT2D eigenvalue weighted by molar-refractivity contribution is 5.77. The van der Waals surface area contributed by atoms with Crippen LogP contribution in [0.3, 0.4) is 0 Å². The van der Waals surface area contributed by atoms with Crippen molar-refractivity contribution in [1.82, 2.24) is 10.2 Å². The number of hydrogen-bond acceptors (Lipinski definition) is 2. The van der Waals surface area contributed by atoms with Crippen molar-refractivity contribution in [1.29, 1.82) is 0 Å². The van der Waals surface area contributed by atoms with Crippen LogP contribution in [-0.2, 0) is 0 Å². The Morgan fingerprint density at radius 1 is 1.32 bits per heavy atom. The third kappa shape index (κ3) is 5.30. The van der Waals surface area contributed by atoms with Gasteiger partial charge in [0, 0.05) is 6.54 Å². The van der Waals surface area contributed by atoms with Crippen LogP contribution in [-0.4, -0.2) is 38.0 Å². The summed E-state index contributed by atoms with van der Waals surface area (Å²) in [7, 11) is 4.13. The molecule has 4 heteroatoms. The lowest BCUT2D eigenvalue weighted by Gasteiger charge is -2.23. The first-order valence-corrected chi connectivity index (χ1v) is 6.81. The number of rotatable bonds is 6. The Labute approximate surface area is 116 Å². The summed E-state index contributed by atoms with van der Waals surface area (Å²) in [5.41, 5.74) is 8.37. The summed E-state index contributed by atoms with van der Waals surface area (Å²) in [6, 6.07) is 8.83. The molecule has 1 aromatic carbocycles. The zero-order valence-corrected chi connectivity index (χ0v) is 12.5. The van der Waals surface area contributed by atoms with E-state index in [1.807, 2.05) is 0 Å². The van der Waals surface area contributed by atoms with Gasteiger partial charge in [0.2, 0.25) is 0 Å². The monoisotopic (exact) mass is 262 g/mol. The fourth-order valence-electron chi connectivity index (χ4n) is 1.85. The maximum atomic E-state index is 5.83. The summed E-state index contributed by atoms with van der Waals surface area (Å²) in [6.07, 6.45) is 1.05. The minimum absolute atomic E-state index is 0.252. The molecule has 0 bridgehead atoms. The van der Waals surface area contributed by atoms with E-state index in [2.05, 4.69) is 67.4 Å². The van der Waals surface area contributed by atoms with Gasteiger partial charge >= 0.3 is 0 Å². The summed E-state index contributed by atoms with van der Waals surface area (Å²) in [5.74, 6) is 0.529. The highest BCUT2D eigenvalue weighted by Gasteiger charge is 2.13. The fraction of sp³-hybridized carbons (Fsp3) is 0.533. The zero-order valence-electron chi connectivity index (χ0n) is 12.5. The average Bonchev–Trinajstić information content (AvgIpc) is 2.38. The number of nitrogens with two attached hydrogens (primary N) is 1. The first kappa shape index (κ1) is 15.5. The predicted molar refractivity (Wildman–Crippen MR) is 82.4 cm³/mol. The lowest BCUT2D eigenvalue weighted by atomic mass is 10.0. The molecule has 1 aromatic rings. The second-order valence-electron chi connectivity index (χ2n) is 5.04. The van der Waals surface area contributed by atoms with Crippen LogP contribution < -0.4 is 11.1 Å². The Morgan fingerprint density at radius 3 is 2.47 bits per heavy atom. The molecule has 19 heavy (non-hydrogen) atoms. The third-order valence-corrected chi connectivity index (χ3v) is 3.08. The molecule has 1 atom stereocenters.